The molecule has 0 bridgehead atoms. The predicted octanol–water partition coefficient (Wildman–Crippen LogP) is 2.58. The lowest BCUT2D eigenvalue weighted by Gasteiger charge is -2.23. The van der Waals surface area contributed by atoms with E-state index in [-0.39, 0.29) is 30.2 Å². The summed E-state index contributed by atoms with van der Waals surface area (Å²) in [5, 5.41) is 12.0. The van der Waals surface area contributed by atoms with Gasteiger partial charge in [-0.1, -0.05) is 0 Å². The topological polar surface area (TPSA) is 101 Å². The zero-order valence-corrected chi connectivity index (χ0v) is 13.5. The molecule has 1 aromatic carbocycles. The summed E-state index contributed by atoms with van der Waals surface area (Å²) in [6.45, 7) is 0.518. The highest BCUT2D eigenvalue weighted by atomic mass is 19.1. The Morgan fingerprint density at radius 2 is 2.28 bits per heavy atom. The summed E-state index contributed by atoms with van der Waals surface area (Å²) < 4.78 is 19.3. The standard InChI is InChI=1S/C17H19FN4O3/c18-14-8-11(19)3-4-15(14)25-13-5-6-20-16(9-13)21-17(24)22-7-1-2-12(22)10-23/h3-6,8-9,12,23H,1-2,7,10,19H2,(H,20,21,24)/t12-/m0/s1. The molecule has 1 fully saturated rings. The molecular formula is C17H19FN4O3. The molecule has 1 atom stereocenters. The number of nitrogens with two attached hydrogens (primary N) is 1. The number of likely N-dealkylation sites (tertiary alicyclic amines) is 1. The Morgan fingerprint density at radius 3 is 3.04 bits per heavy atom. The molecule has 1 saturated heterocycles. The SMILES string of the molecule is Nc1ccc(Oc2ccnc(NC(=O)N3CCC[C@H]3CO)c2)c(F)c1. The number of carbonyl (C=O) groups is 1. The van der Waals surface area contributed by atoms with Crippen LogP contribution < -0.4 is 15.8 Å². The molecule has 0 saturated carbocycles. The van der Waals surface area contributed by atoms with Crippen LogP contribution in [0.2, 0.25) is 0 Å². The fourth-order valence-electron chi connectivity index (χ4n) is 2.74. The van der Waals surface area contributed by atoms with Crippen molar-refractivity contribution in [3.63, 3.8) is 0 Å². The minimum absolute atomic E-state index is 0.0255. The number of aliphatic hydroxyl groups excluding tert-OH is 1. The van der Waals surface area contributed by atoms with Crippen LogP contribution in [0, 0.1) is 5.82 Å². The van der Waals surface area contributed by atoms with E-state index in [4.69, 9.17) is 10.5 Å². The number of aromatic nitrogens is 1. The number of benzene rings is 1. The number of hydrogen-bond acceptors (Lipinski definition) is 5. The van der Waals surface area contributed by atoms with Gasteiger partial charge in [0.2, 0.25) is 0 Å². The van der Waals surface area contributed by atoms with E-state index in [2.05, 4.69) is 10.3 Å². The van der Waals surface area contributed by atoms with Crippen molar-refractivity contribution in [1.82, 2.24) is 9.88 Å². The van der Waals surface area contributed by atoms with Crippen molar-refractivity contribution >= 4 is 17.5 Å². The van der Waals surface area contributed by atoms with E-state index in [0.29, 0.717) is 18.0 Å². The second-order valence-electron chi connectivity index (χ2n) is 5.77. The normalized spacial score (nSPS) is 16.7. The number of pyridine rings is 1. The van der Waals surface area contributed by atoms with Crippen molar-refractivity contribution in [2.24, 2.45) is 0 Å². The Hall–Kier alpha value is -2.87. The predicted molar refractivity (Wildman–Crippen MR) is 91.0 cm³/mol. The quantitative estimate of drug-likeness (QED) is 0.739. The molecule has 2 heterocycles. The third-order valence-electron chi connectivity index (χ3n) is 4.00. The van der Waals surface area contributed by atoms with Crippen molar-refractivity contribution in [3.05, 3.63) is 42.3 Å². The van der Waals surface area contributed by atoms with E-state index in [0.717, 1.165) is 12.8 Å². The number of anilines is 2. The van der Waals surface area contributed by atoms with Crippen LogP contribution in [-0.2, 0) is 0 Å². The van der Waals surface area contributed by atoms with Gasteiger partial charge in [0.25, 0.3) is 0 Å². The molecule has 132 valence electrons. The molecule has 8 heteroatoms. The van der Waals surface area contributed by atoms with Gasteiger partial charge in [0.1, 0.15) is 11.6 Å². The molecule has 1 aliphatic heterocycles. The van der Waals surface area contributed by atoms with Gasteiger partial charge >= 0.3 is 6.03 Å². The van der Waals surface area contributed by atoms with Gasteiger partial charge in [-0.25, -0.2) is 14.2 Å². The minimum atomic E-state index is -0.578. The molecule has 7 nitrogen and oxygen atoms in total. The van der Waals surface area contributed by atoms with Gasteiger partial charge in [-0.3, -0.25) is 5.32 Å². The molecule has 0 aliphatic carbocycles. The van der Waals surface area contributed by atoms with Crippen LogP contribution in [0.25, 0.3) is 0 Å². The summed E-state index contributed by atoms with van der Waals surface area (Å²) >= 11 is 0. The zero-order chi connectivity index (χ0) is 17.8. The van der Waals surface area contributed by atoms with E-state index in [1.165, 1.54) is 30.5 Å². The number of nitrogen functional groups attached to an aromatic ring is 1. The number of rotatable bonds is 4. The summed E-state index contributed by atoms with van der Waals surface area (Å²) in [5.74, 6) is 0.0545. The third-order valence-corrected chi connectivity index (χ3v) is 4.00. The van der Waals surface area contributed by atoms with Gasteiger partial charge in [0, 0.05) is 30.6 Å². The van der Waals surface area contributed by atoms with Crippen molar-refractivity contribution in [1.29, 1.82) is 0 Å². The van der Waals surface area contributed by atoms with Gasteiger partial charge in [0.05, 0.1) is 12.6 Å². The molecule has 25 heavy (non-hydrogen) atoms. The summed E-state index contributed by atoms with van der Waals surface area (Å²) in [6.07, 6.45) is 3.08. The molecular weight excluding hydrogens is 327 g/mol. The number of ether oxygens (including phenoxy) is 1. The fraction of sp³-hybridized carbons (Fsp3) is 0.294. The molecule has 3 rings (SSSR count). The Labute approximate surface area is 144 Å². The average molecular weight is 346 g/mol. The van der Waals surface area contributed by atoms with Gasteiger partial charge in [-0.15, -0.1) is 0 Å². The van der Waals surface area contributed by atoms with Gasteiger partial charge in [-0.2, -0.15) is 0 Å². The lowest BCUT2D eigenvalue weighted by molar-refractivity contribution is 0.166. The second-order valence-corrected chi connectivity index (χ2v) is 5.77. The van der Waals surface area contributed by atoms with E-state index in [1.54, 1.807) is 11.0 Å². The molecule has 1 aromatic heterocycles. The van der Waals surface area contributed by atoms with Crippen LogP contribution >= 0.6 is 0 Å². The van der Waals surface area contributed by atoms with Crippen molar-refractivity contribution in [2.45, 2.75) is 18.9 Å². The van der Waals surface area contributed by atoms with Crippen LogP contribution in [0.3, 0.4) is 0 Å². The van der Waals surface area contributed by atoms with Crippen LogP contribution in [-0.4, -0.2) is 40.2 Å². The number of halogens is 1. The van der Waals surface area contributed by atoms with Crippen LogP contribution in [0.1, 0.15) is 12.8 Å². The second kappa shape index (κ2) is 7.35. The fourth-order valence-corrected chi connectivity index (χ4v) is 2.74. The summed E-state index contributed by atoms with van der Waals surface area (Å²) in [4.78, 5) is 17.9. The van der Waals surface area contributed by atoms with Gasteiger partial charge in [-0.05, 0) is 31.0 Å². The Balaban J connectivity index is 1.70. The number of urea groups is 1. The number of carbonyl (C=O) groups excluding carboxylic acids is 1. The Bertz CT molecular complexity index is 771. The van der Waals surface area contributed by atoms with Gasteiger partial charge in [0.15, 0.2) is 11.6 Å². The van der Waals surface area contributed by atoms with E-state index < -0.39 is 5.82 Å². The first-order chi connectivity index (χ1) is 12.1. The zero-order valence-electron chi connectivity index (χ0n) is 13.5. The number of nitrogens with zero attached hydrogens (tertiary/aromatic N) is 2. The van der Waals surface area contributed by atoms with E-state index >= 15 is 0 Å². The minimum Gasteiger partial charge on any atom is -0.454 e. The molecule has 0 unspecified atom stereocenters. The van der Waals surface area contributed by atoms with Crippen LogP contribution in [0.4, 0.5) is 20.7 Å². The number of hydrogen-bond donors (Lipinski definition) is 3. The first kappa shape index (κ1) is 17.0. The smallest absolute Gasteiger partial charge is 0.323 e. The van der Waals surface area contributed by atoms with Crippen LogP contribution in [0.5, 0.6) is 11.5 Å². The van der Waals surface area contributed by atoms with Crippen LogP contribution in [0.15, 0.2) is 36.5 Å². The van der Waals surface area contributed by atoms with Crippen molar-refractivity contribution < 1.29 is 19.0 Å². The number of amides is 2. The molecule has 1 aliphatic rings. The molecule has 0 spiro atoms. The maximum atomic E-state index is 13.8. The average Bonchev–Trinajstić information content (AvgIpc) is 3.07. The maximum Gasteiger partial charge on any atom is 0.323 e. The summed E-state index contributed by atoms with van der Waals surface area (Å²) in [5.41, 5.74) is 5.81. The highest BCUT2D eigenvalue weighted by molar-refractivity contribution is 5.88. The Kier molecular flexibility index (Phi) is 4.99. The highest BCUT2D eigenvalue weighted by Crippen LogP contribution is 2.27. The molecule has 4 N–H and O–H groups in total. The first-order valence-corrected chi connectivity index (χ1v) is 7.94. The van der Waals surface area contributed by atoms with E-state index in [9.17, 15) is 14.3 Å². The monoisotopic (exact) mass is 346 g/mol. The summed E-state index contributed by atoms with van der Waals surface area (Å²) in [7, 11) is 0. The number of nitrogens with one attached hydrogen (secondary N) is 1. The lowest BCUT2D eigenvalue weighted by Crippen LogP contribution is -2.40. The van der Waals surface area contributed by atoms with E-state index in [1.807, 2.05) is 0 Å². The third kappa shape index (κ3) is 3.97. The molecule has 0 radical (unpaired) electrons. The Morgan fingerprint density at radius 1 is 1.44 bits per heavy atom. The maximum absolute atomic E-state index is 13.8. The first-order valence-electron chi connectivity index (χ1n) is 7.94. The highest BCUT2D eigenvalue weighted by Gasteiger charge is 2.28. The molecule has 2 aromatic rings. The largest absolute Gasteiger partial charge is 0.454 e. The van der Waals surface area contributed by atoms with Crippen molar-refractivity contribution in [2.75, 3.05) is 24.2 Å². The van der Waals surface area contributed by atoms with Gasteiger partial charge < -0.3 is 20.5 Å². The summed E-state index contributed by atoms with van der Waals surface area (Å²) in [6, 6.07) is 6.67. The molecule has 2 amide bonds. The lowest BCUT2D eigenvalue weighted by atomic mass is 10.2. The number of aliphatic hydroxyl groups is 1. The van der Waals surface area contributed by atoms with Crippen molar-refractivity contribution in [3.8, 4) is 11.5 Å².